The zero-order valence-electron chi connectivity index (χ0n) is 19.0. The highest BCUT2D eigenvalue weighted by Gasteiger charge is 2.37. The maximum Gasteiger partial charge on any atom is 0.275 e. The van der Waals surface area contributed by atoms with Crippen molar-refractivity contribution >= 4 is 45.7 Å². The van der Waals surface area contributed by atoms with E-state index in [1.165, 1.54) is 17.2 Å². The smallest absolute Gasteiger partial charge is 0.275 e. The molecular weight excluding hydrogens is 444 g/mol. The molecular formula is C27H28N4O2S. The Hall–Kier alpha value is -3.03. The zero-order valence-corrected chi connectivity index (χ0v) is 19.9. The van der Waals surface area contributed by atoms with Gasteiger partial charge < -0.3 is 14.8 Å². The van der Waals surface area contributed by atoms with Crippen LogP contribution in [0.1, 0.15) is 17.7 Å². The van der Waals surface area contributed by atoms with Crippen LogP contribution in [0.4, 0.5) is 5.69 Å². The number of fused-ring (bicyclic) bond motifs is 3. The minimum Gasteiger partial charge on any atom is -0.350 e. The zero-order chi connectivity index (χ0) is 23.1. The number of para-hydroxylation sites is 2. The van der Waals surface area contributed by atoms with Crippen LogP contribution in [0.15, 0.2) is 60.3 Å². The van der Waals surface area contributed by atoms with Crippen LogP contribution in [0.25, 0.3) is 16.5 Å². The Kier molecular flexibility index (Phi) is 5.67. The molecule has 1 fully saturated rings. The van der Waals surface area contributed by atoms with E-state index in [2.05, 4.69) is 32.2 Å². The first-order valence-electron chi connectivity index (χ1n) is 12.0. The molecule has 174 valence electrons. The fraction of sp³-hybridized carbons (Fsp3) is 0.333. The third kappa shape index (κ3) is 3.83. The second-order valence-electron chi connectivity index (χ2n) is 9.29. The average Bonchev–Trinajstić information content (AvgIpc) is 3.32. The van der Waals surface area contributed by atoms with Crippen LogP contribution in [0, 0.1) is 5.92 Å². The van der Waals surface area contributed by atoms with Crippen molar-refractivity contribution < 1.29 is 9.59 Å². The Morgan fingerprint density at radius 1 is 0.941 bits per heavy atom. The number of carbonyl (C=O) groups is 2. The third-order valence-corrected chi connectivity index (χ3v) is 8.11. The van der Waals surface area contributed by atoms with Gasteiger partial charge in [-0.3, -0.25) is 14.9 Å². The Morgan fingerprint density at radius 2 is 1.71 bits per heavy atom. The van der Waals surface area contributed by atoms with Gasteiger partial charge in [0.2, 0.25) is 0 Å². The van der Waals surface area contributed by atoms with Gasteiger partial charge in [0.05, 0.1) is 5.57 Å². The summed E-state index contributed by atoms with van der Waals surface area (Å²) in [6.45, 7) is 4.35. The molecule has 7 heteroatoms. The molecule has 3 aromatic rings. The Bertz CT molecular complexity index is 1290. The fourth-order valence-corrected chi connectivity index (χ4v) is 6.55. The number of aryl methyl sites for hydroxylation is 1. The first-order valence-corrected chi connectivity index (χ1v) is 13.2. The highest BCUT2D eigenvalue weighted by molar-refractivity contribution is 7.99. The van der Waals surface area contributed by atoms with Crippen molar-refractivity contribution in [3.8, 4) is 0 Å². The van der Waals surface area contributed by atoms with Crippen LogP contribution in [-0.4, -0.2) is 52.4 Å². The van der Waals surface area contributed by atoms with Gasteiger partial charge in [-0.1, -0.05) is 36.4 Å². The average molecular weight is 473 g/mol. The molecule has 2 amide bonds. The summed E-state index contributed by atoms with van der Waals surface area (Å²) in [7, 11) is 0. The quantitative estimate of drug-likeness (QED) is 0.554. The van der Waals surface area contributed by atoms with Gasteiger partial charge in [0.15, 0.2) is 0 Å². The van der Waals surface area contributed by atoms with Gasteiger partial charge >= 0.3 is 0 Å². The Balaban J connectivity index is 1.44. The summed E-state index contributed by atoms with van der Waals surface area (Å²) >= 11 is 2.04. The molecule has 3 aliphatic heterocycles. The van der Waals surface area contributed by atoms with Gasteiger partial charge in [0.25, 0.3) is 11.8 Å². The molecule has 0 bridgehead atoms. The molecule has 1 atom stereocenters. The first kappa shape index (κ1) is 21.5. The van der Waals surface area contributed by atoms with Crippen LogP contribution in [0.2, 0.25) is 0 Å². The molecule has 1 unspecified atom stereocenters. The lowest BCUT2D eigenvalue weighted by Gasteiger charge is -2.33. The number of aromatic nitrogens is 1. The van der Waals surface area contributed by atoms with Gasteiger partial charge in [-0.25, -0.2) is 0 Å². The second kappa shape index (κ2) is 8.96. The lowest BCUT2D eigenvalue weighted by atomic mass is 9.91. The number of nitrogens with zero attached hydrogens (tertiary/aromatic N) is 2. The number of rotatable bonds is 5. The molecule has 34 heavy (non-hydrogen) atoms. The van der Waals surface area contributed by atoms with Crippen LogP contribution >= 0.6 is 11.8 Å². The summed E-state index contributed by atoms with van der Waals surface area (Å²) < 4.78 is 2.37. The Morgan fingerprint density at radius 3 is 2.53 bits per heavy atom. The van der Waals surface area contributed by atoms with E-state index < -0.39 is 0 Å². The van der Waals surface area contributed by atoms with E-state index in [9.17, 15) is 9.59 Å². The van der Waals surface area contributed by atoms with Gasteiger partial charge in [0, 0.05) is 65.5 Å². The lowest BCUT2D eigenvalue weighted by Crippen LogP contribution is -2.38. The lowest BCUT2D eigenvalue weighted by molar-refractivity contribution is -0.123. The number of imide groups is 1. The van der Waals surface area contributed by atoms with Crippen LogP contribution in [0.3, 0.4) is 0 Å². The Labute approximate surface area is 203 Å². The molecule has 4 heterocycles. The summed E-state index contributed by atoms with van der Waals surface area (Å²) in [6, 6.07) is 17.8. The van der Waals surface area contributed by atoms with Gasteiger partial charge in [-0.2, -0.15) is 11.8 Å². The van der Waals surface area contributed by atoms with E-state index in [1.54, 1.807) is 0 Å². The van der Waals surface area contributed by atoms with E-state index in [0.29, 0.717) is 17.2 Å². The van der Waals surface area contributed by atoms with Crippen molar-refractivity contribution in [1.82, 2.24) is 14.8 Å². The third-order valence-electron chi connectivity index (χ3n) is 7.17. The van der Waals surface area contributed by atoms with Gasteiger partial charge in [0.1, 0.15) is 5.70 Å². The van der Waals surface area contributed by atoms with Crippen molar-refractivity contribution in [2.24, 2.45) is 5.92 Å². The summed E-state index contributed by atoms with van der Waals surface area (Å²) in [5.41, 5.74) is 4.82. The van der Waals surface area contributed by atoms with Crippen molar-refractivity contribution in [1.29, 1.82) is 0 Å². The van der Waals surface area contributed by atoms with Gasteiger partial charge in [-0.05, 0) is 37.0 Å². The molecule has 0 saturated carbocycles. The molecule has 2 N–H and O–H groups in total. The number of nitrogens with one attached hydrogen (secondary N) is 2. The number of benzene rings is 2. The molecule has 6 nitrogen and oxygen atoms in total. The molecule has 0 spiro atoms. The number of carbonyl (C=O) groups excluding carboxylic acids is 2. The summed E-state index contributed by atoms with van der Waals surface area (Å²) in [6.07, 6.45) is 2.05. The molecule has 1 saturated heterocycles. The number of hydrogen-bond acceptors (Lipinski definition) is 5. The number of anilines is 1. The minimum atomic E-state index is -0.369. The number of hydrogen-bond donors (Lipinski definition) is 2. The summed E-state index contributed by atoms with van der Waals surface area (Å²) in [5, 5.41) is 6.82. The molecule has 3 aliphatic rings. The minimum absolute atomic E-state index is 0.322. The van der Waals surface area contributed by atoms with Gasteiger partial charge in [-0.15, -0.1) is 0 Å². The predicted octanol–water partition coefficient (Wildman–Crippen LogP) is 3.73. The highest BCUT2D eigenvalue weighted by atomic mass is 32.2. The van der Waals surface area contributed by atoms with E-state index in [-0.39, 0.29) is 11.8 Å². The van der Waals surface area contributed by atoms with Crippen LogP contribution < -0.4 is 10.6 Å². The van der Waals surface area contributed by atoms with Crippen molar-refractivity contribution in [2.45, 2.75) is 19.4 Å². The van der Waals surface area contributed by atoms with Crippen molar-refractivity contribution in [3.63, 3.8) is 0 Å². The van der Waals surface area contributed by atoms with E-state index in [4.69, 9.17) is 0 Å². The topological polar surface area (TPSA) is 66.4 Å². The normalized spacial score (nSPS) is 21.1. The van der Waals surface area contributed by atoms with E-state index in [0.717, 1.165) is 61.2 Å². The second-order valence-corrected chi connectivity index (χ2v) is 10.5. The van der Waals surface area contributed by atoms with Crippen molar-refractivity contribution in [3.05, 3.63) is 71.6 Å². The predicted molar refractivity (Wildman–Crippen MR) is 138 cm³/mol. The maximum absolute atomic E-state index is 13.2. The molecule has 2 aromatic carbocycles. The van der Waals surface area contributed by atoms with E-state index >= 15 is 0 Å². The number of amides is 2. The maximum atomic E-state index is 13.2. The summed E-state index contributed by atoms with van der Waals surface area (Å²) in [4.78, 5) is 28.6. The van der Waals surface area contributed by atoms with Crippen LogP contribution in [-0.2, 0) is 22.6 Å². The SMILES string of the molecule is O=C1NC(=O)C(c2c3n(c4ccccc24)CCC(CN2CCSCC2)C3)=C1Nc1ccccc1. The monoisotopic (exact) mass is 472 g/mol. The van der Waals surface area contributed by atoms with E-state index in [1.807, 2.05) is 54.2 Å². The summed E-state index contributed by atoms with van der Waals surface area (Å²) in [5.74, 6) is 2.28. The molecule has 6 rings (SSSR count). The standard InChI is InChI=1S/C27H28N4O2S/c32-26-24(25(27(33)29-26)28-19-6-2-1-3-7-19)23-20-8-4-5-9-21(20)31-11-10-18(16-22(23)31)17-30-12-14-34-15-13-30/h1-9,18H,10-17H2,(H2,28,29,32,33). The largest absolute Gasteiger partial charge is 0.350 e. The van der Waals surface area contributed by atoms with Crippen molar-refractivity contribution in [2.75, 3.05) is 36.5 Å². The van der Waals surface area contributed by atoms with Crippen LogP contribution in [0.5, 0.6) is 0 Å². The highest BCUT2D eigenvalue weighted by Crippen LogP contribution is 2.39. The molecule has 1 aromatic heterocycles. The molecule has 0 radical (unpaired) electrons. The molecule has 0 aliphatic carbocycles. The first-order chi connectivity index (χ1) is 16.7. The number of thioether (sulfide) groups is 1. The fourth-order valence-electron chi connectivity index (χ4n) is 5.57.